The molecule has 112 valence electrons. The van der Waals surface area contributed by atoms with E-state index in [2.05, 4.69) is 78.9 Å². The number of hydrogen-bond acceptors (Lipinski definition) is 1. The number of nitrogen functional groups attached to an aromatic ring is 1. The molecule has 0 saturated carbocycles. The first kappa shape index (κ1) is 13.8. The van der Waals surface area contributed by atoms with Crippen LogP contribution in [-0.2, 0) is 0 Å². The summed E-state index contributed by atoms with van der Waals surface area (Å²) in [7, 11) is 0. The van der Waals surface area contributed by atoms with E-state index in [9.17, 15) is 0 Å². The van der Waals surface area contributed by atoms with E-state index in [1.807, 2.05) is 12.1 Å². The largest absolute Gasteiger partial charge is 0.399 e. The van der Waals surface area contributed by atoms with Gasteiger partial charge in [-0.25, -0.2) is 0 Å². The van der Waals surface area contributed by atoms with E-state index in [1.54, 1.807) is 0 Å². The lowest BCUT2D eigenvalue weighted by Crippen LogP contribution is -2.16. The third-order valence-electron chi connectivity index (χ3n) is 4.60. The minimum atomic E-state index is 0.340. The van der Waals surface area contributed by atoms with Crippen molar-refractivity contribution in [1.29, 1.82) is 0 Å². The first-order valence-electron chi connectivity index (χ1n) is 8.00. The number of anilines is 1. The van der Waals surface area contributed by atoms with Crippen molar-refractivity contribution in [3.05, 3.63) is 108 Å². The predicted octanol–water partition coefficient (Wildman–Crippen LogP) is 5.12. The third kappa shape index (κ3) is 2.66. The van der Waals surface area contributed by atoms with Crippen LogP contribution in [0.4, 0.5) is 5.69 Å². The molecule has 0 bridgehead atoms. The molecule has 2 aromatic carbocycles. The Morgan fingerprint density at radius 1 is 0.783 bits per heavy atom. The number of hydrogen-bond donors (Lipinski definition) is 1. The molecule has 2 unspecified atom stereocenters. The van der Waals surface area contributed by atoms with Crippen molar-refractivity contribution in [3.63, 3.8) is 0 Å². The Morgan fingerprint density at radius 3 is 2.35 bits per heavy atom. The van der Waals surface area contributed by atoms with Crippen molar-refractivity contribution in [3.8, 4) is 0 Å². The van der Waals surface area contributed by atoms with Crippen molar-refractivity contribution in [1.82, 2.24) is 0 Å². The van der Waals surface area contributed by atoms with Crippen LogP contribution in [-0.4, -0.2) is 0 Å². The van der Waals surface area contributed by atoms with Crippen LogP contribution in [0.15, 0.2) is 96.6 Å². The van der Waals surface area contributed by atoms with E-state index in [0.29, 0.717) is 11.8 Å². The molecule has 2 aromatic rings. The molecule has 1 nitrogen and oxygen atoms in total. The summed E-state index contributed by atoms with van der Waals surface area (Å²) in [6.07, 6.45) is 13.5. The van der Waals surface area contributed by atoms with Gasteiger partial charge in [0.15, 0.2) is 0 Å². The van der Waals surface area contributed by atoms with Crippen molar-refractivity contribution in [2.45, 2.75) is 5.92 Å². The molecular weight excluding hydrogens is 278 g/mol. The van der Waals surface area contributed by atoms with Gasteiger partial charge in [0.05, 0.1) is 0 Å². The fourth-order valence-electron chi connectivity index (χ4n) is 3.40. The molecule has 0 heterocycles. The summed E-state index contributed by atoms with van der Waals surface area (Å²) in [6, 6.07) is 18.9. The van der Waals surface area contributed by atoms with Crippen molar-refractivity contribution < 1.29 is 0 Å². The molecule has 0 aromatic heterocycles. The molecule has 2 N–H and O–H groups in total. The minimum Gasteiger partial charge on any atom is -0.399 e. The minimum absolute atomic E-state index is 0.340. The van der Waals surface area contributed by atoms with Gasteiger partial charge in [-0.15, -0.1) is 0 Å². The first-order valence-corrected chi connectivity index (χ1v) is 8.00. The van der Waals surface area contributed by atoms with Gasteiger partial charge in [0.25, 0.3) is 0 Å². The fourth-order valence-corrected chi connectivity index (χ4v) is 3.40. The first-order chi connectivity index (χ1) is 11.3. The van der Waals surface area contributed by atoms with Gasteiger partial charge in [0, 0.05) is 17.5 Å². The second-order valence-corrected chi connectivity index (χ2v) is 6.09. The van der Waals surface area contributed by atoms with Gasteiger partial charge in [0.2, 0.25) is 0 Å². The van der Waals surface area contributed by atoms with Crippen molar-refractivity contribution in [2.75, 3.05) is 5.73 Å². The molecule has 0 saturated heterocycles. The number of nitrogens with two attached hydrogens (primary N) is 1. The molecule has 2 atom stereocenters. The number of rotatable bonds is 2. The Bertz CT molecular complexity index is 820. The van der Waals surface area contributed by atoms with E-state index in [1.165, 1.54) is 22.3 Å². The average Bonchev–Trinajstić information content (AvgIpc) is 2.62. The van der Waals surface area contributed by atoms with Crippen LogP contribution < -0.4 is 5.73 Å². The van der Waals surface area contributed by atoms with Gasteiger partial charge >= 0.3 is 0 Å². The van der Waals surface area contributed by atoms with Gasteiger partial charge in [-0.1, -0.05) is 78.9 Å². The number of fused-ring (bicyclic) bond motifs is 1. The lowest BCUT2D eigenvalue weighted by atomic mass is 9.74. The quantitative estimate of drug-likeness (QED) is 0.765. The van der Waals surface area contributed by atoms with E-state index in [0.717, 1.165) is 5.69 Å². The van der Waals surface area contributed by atoms with E-state index in [4.69, 9.17) is 5.73 Å². The number of allylic oxidation sites excluding steroid dienone is 8. The van der Waals surface area contributed by atoms with Gasteiger partial charge < -0.3 is 5.73 Å². The zero-order chi connectivity index (χ0) is 15.6. The molecule has 4 rings (SSSR count). The summed E-state index contributed by atoms with van der Waals surface area (Å²) in [4.78, 5) is 0. The molecule has 2 aliphatic carbocycles. The molecule has 0 aliphatic heterocycles. The second kappa shape index (κ2) is 5.77. The zero-order valence-electron chi connectivity index (χ0n) is 12.9. The Hall–Kier alpha value is -2.80. The highest BCUT2D eigenvalue weighted by molar-refractivity contribution is 5.78. The van der Waals surface area contributed by atoms with E-state index >= 15 is 0 Å². The molecule has 0 spiro atoms. The van der Waals surface area contributed by atoms with Crippen LogP contribution in [0.3, 0.4) is 0 Å². The number of benzene rings is 2. The zero-order valence-corrected chi connectivity index (χ0v) is 12.9. The third-order valence-corrected chi connectivity index (χ3v) is 4.60. The standard InChI is InChI=1S/C22H19N/c23-20-12-10-17(11-13-20)22-15-19(16-6-2-1-3-7-16)14-18-8-4-5-9-21(18)22/h1-15,21-22H,23H2. The molecule has 0 radical (unpaired) electrons. The lowest BCUT2D eigenvalue weighted by molar-refractivity contribution is 0.673. The van der Waals surface area contributed by atoms with Gasteiger partial charge in [-0.3, -0.25) is 0 Å². The maximum atomic E-state index is 5.85. The summed E-state index contributed by atoms with van der Waals surface area (Å²) >= 11 is 0. The summed E-state index contributed by atoms with van der Waals surface area (Å²) in [6.45, 7) is 0. The highest BCUT2D eigenvalue weighted by atomic mass is 14.5. The highest BCUT2D eigenvalue weighted by Crippen LogP contribution is 2.41. The normalized spacial score (nSPS) is 22.3. The highest BCUT2D eigenvalue weighted by Gasteiger charge is 2.26. The molecule has 1 heteroatoms. The van der Waals surface area contributed by atoms with Crippen LogP contribution in [0.25, 0.3) is 5.57 Å². The summed E-state index contributed by atoms with van der Waals surface area (Å²) < 4.78 is 0. The summed E-state index contributed by atoms with van der Waals surface area (Å²) in [5.41, 5.74) is 11.9. The van der Waals surface area contributed by atoms with Crippen LogP contribution >= 0.6 is 0 Å². The maximum Gasteiger partial charge on any atom is 0.0314 e. The molecular formula is C22H19N. The van der Waals surface area contributed by atoms with E-state index < -0.39 is 0 Å². The van der Waals surface area contributed by atoms with Crippen molar-refractivity contribution >= 4 is 11.3 Å². The maximum absolute atomic E-state index is 5.85. The summed E-state index contributed by atoms with van der Waals surface area (Å²) in [5.74, 6) is 0.739. The van der Waals surface area contributed by atoms with Crippen molar-refractivity contribution in [2.24, 2.45) is 5.92 Å². The Balaban J connectivity index is 1.81. The molecule has 23 heavy (non-hydrogen) atoms. The molecule has 0 amide bonds. The van der Waals surface area contributed by atoms with E-state index in [-0.39, 0.29) is 0 Å². The monoisotopic (exact) mass is 297 g/mol. The molecule has 0 fully saturated rings. The van der Waals surface area contributed by atoms with Gasteiger partial charge in [-0.05, 0) is 34.4 Å². The molecule has 2 aliphatic rings. The van der Waals surface area contributed by atoms with Gasteiger partial charge in [-0.2, -0.15) is 0 Å². The average molecular weight is 297 g/mol. The summed E-state index contributed by atoms with van der Waals surface area (Å²) in [5, 5.41) is 0. The smallest absolute Gasteiger partial charge is 0.0314 e. The Kier molecular flexibility index (Phi) is 3.47. The predicted molar refractivity (Wildman–Crippen MR) is 97.9 cm³/mol. The van der Waals surface area contributed by atoms with Crippen LogP contribution in [0, 0.1) is 5.92 Å². The topological polar surface area (TPSA) is 26.0 Å². The SMILES string of the molecule is Nc1ccc(C2C=C(c3ccccc3)C=C3C=CC=CC32)cc1. The van der Waals surface area contributed by atoms with Gasteiger partial charge in [0.1, 0.15) is 0 Å². The fraction of sp³-hybridized carbons (Fsp3) is 0.0909. The van der Waals surface area contributed by atoms with Crippen LogP contribution in [0.2, 0.25) is 0 Å². The van der Waals surface area contributed by atoms with Crippen LogP contribution in [0.1, 0.15) is 17.0 Å². The Morgan fingerprint density at radius 2 is 1.57 bits per heavy atom. The Labute approximate surface area is 137 Å². The van der Waals surface area contributed by atoms with Crippen LogP contribution in [0.5, 0.6) is 0 Å². The lowest BCUT2D eigenvalue weighted by Gasteiger charge is -2.30. The second-order valence-electron chi connectivity index (χ2n) is 6.09.